The molecule has 0 unspecified atom stereocenters. The highest BCUT2D eigenvalue weighted by atomic mass is 35.5. The summed E-state index contributed by atoms with van der Waals surface area (Å²) in [7, 11) is 0. The Kier molecular flexibility index (Phi) is 3.25. The third kappa shape index (κ3) is 2.49. The Bertz CT molecular complexity index is 494. The number of aromatic nitrogens is 1. The van der Waals surface area contributed by atoms with Gasteiger partial charge in [-0.3, -0.25) is 4.79 Å². The minimum absolute atomic E-state index is 0.298. The highest BCUT2D eigenvalue weighted by molar-refractivity contribution is 7.15. The zero-order valence-electron chi connectivity index (χ0n) is 7.16. The van der Waals surface area contributed by atoms with E-state index in [0.717, 1.165) is 0 Å². The molecule has 2 aromatic rings. The van der Waals surface area contributed by atoms with Gasteiger partial charge >= 0.3 is 0 Å². The first-order chi connectivity index (χ1) is 7.16. The molecule has 1 N–H and O–H groups in total. The van der Waals surface area contributed by atoms with Crippen molar-refractivity contribution in [1.82, 2.24) is 4.98 Å². The van der Waals surface area contributed by atoms with Crippen molar-refractivity contribution >= 4 is 57.5 Å². The minimum Gasteiger partial charge on any atom is -0.319 e. The van der Waals surface area contributed by atoms with Crippen molar-refractivity contribution in [3.63, 3.8) is 0 Å². The lowest BCUT2D eigenvalue weighted by molar-refractivity contribution is 0.102. The molecule has 0 radical (unpaired) electrons. The number of nitrogens with one attached hydrogen (secondary N) is 1. The molecule has 0 aromatic carbocycles. The number of nitrogens with zero attached hydrogens (tertiary/aromatic N) is 1. The van der Waals surface area contributed by atoms with E-state index < -0.39 is 0 Å². The number of halogens is 2. The van der Waals surface area contributed by atoms with Gasteiger partial charge in [-0.25, -0.2) is 4.98 Å². The molecule has 0 aliphatic rings. The van der Waals surface area contributed by atoms with Crippen LogP contribution in [0.15, 0.2) is 16.8 Å². The van der Waals surface area contributed by atoms with E-state index in [1.807, 2.05) is 0 Å². The van der Waals surface area contributed by atoms with Crippen LogP contribution in [0.1, 0.15) is 10.5 Å². The van der Waals surface area contributed by atoms with E-state index in [9.17, 15) is 4.79 Å². The van der Waals surface area contributed by atoms with Crippen molar-refractivity contribution < 1.29 is 4.79 Å². The number of anilines is 1. The second kappa shape index (κ2) is 4.49. The van der Waals surface area contributed by atoms with E-state index in [4.69, 9.17) is 23.2 Å². The number of carbonyl (C=O) groups excluding carboxylic acids is 1. The first-order valence-electron chi connectivity index (χ1n) is 3.82. The molecule has 0 saturated carbocycles. The molecule has 15 heavy (non-hydrogen) atoms. The van der Waals surface area contributed by atoms with Gasteiger partial charge in [0, 0.05) is 5.38 Å². The largest absolute Gasteiger partial charge is 0.319 e. The summed E-state index contributed by atoms with van der Waals surface area (Å²) in [6.07, 6.45) is 0. The Morgan fingerprint density at radius 2 is 2.20 bits per heavy atom. The highest BCUT2D eigenvalue weighted by Crippen LogP contribution is 2.28. The van der Waals surface area contributed by atoms with E-state index in [1.54, 1.807) is 16.8 Å². The molecule has 0 spiro atoms. The fourth-order valence-corrected chi connectivity index (χ4v) is 2.50. The minimum atomic E-state index is -0.307. The van der Waals surface area contributed by atoms with E-state index >= 15 is 0 Å². The maximum Gasteiger partial charge on any atom is 0.275 e. The third-order valence-corrected chi connectivity index (χ3v) is 3.72. The zero-order valence-corrected chi connectivity index (χ0v) is 10.3. The van der Waals surface area contributed by atoms with Gasteiger partial charge in [0.1, 0.15) is 10.0 Å². The fraction of sp³-hybridized carbons (Fsp3) is 0. The quantitative estimate of drug-likeness (QED) is 0.909. The Morgan fingerprint density at radius 1 is 1.40 bits per heavy atom. The molecule has 2 aromatic heterocycles. The van der Waals surface area contributed by atoms with Crippen LogP contribution in [-0.4, -0.2) is 10.9 Å². The lowest BCUT2D eigenvalue weighted by Gasteiger charge is -1.99. The van der Waals surface area contributed by atoms with Gasteiger partial charge in [-0.15, -0.1) is 22.7 Å². The summed E-state index contributed by atoms with van der Waals surface area (Å²) >= 11 is 14.0. The maximum absolute atomic E-state index is 11.6. The van der Waals surface area contributed by atoms with Crippen molar-refractivity contribution in [2.45, 2.75) is 0 Å². The van der Waals surface area contributed by atoms with Gasteiger partial charge in [-0.1, -0.05) is 23.2 Å². The number of hydrogen-bond donors (Lipinski definition) is 1. The number of carbonyl (C=O) groups is 1. The van der Waals surface area contributed by atoms with Gasteiger partial charge in [0.2, 0.25) is 0 Å². The molecular formula is C8H4Cl2N2OS2. The molecule has 0 aliphatic heterocycles. The van der Waals surface area contributed by atoms with Crippen LogP contribution >= 0.6 is 45.9 Å². The molecular weight excluding hydrogens is 275 g/mol. The molecule has 3 nitrogen and oxygen atoms in total. The summed E-state index contributed by atoms with van der Waals surface area (Å²) in [5, 5.41) is 6.04. The molecule has 78 valence electrons. The lowest BCUT2D eigenvalue weighted by Crippen LogP contribution is -2.11. The van der Waals surface area contributed by atoms with Crippen LogP contribution in [0, 0.1) is 0 Å². The maximum atomic E-state index is 11.6. The molecule has 0 fully saturated rings. The van der Waals surface area contributed by atoms with Crippen LogP contribution < -0.4 is 5.32 Å². The smallest absolute Gasteiger partial charge is 0.275 e. The predicted molar refractivity (Wildman–Crippen MR) is 64.4 cm³/mol. The summed E-state index contributed by atoms with van der Waals surface area (Å²) < 4.78 is 0.890. The number of hydrogen-bond acceptors (Lipinski definition) is 4. The van der Waals surface area contributed by atoms with E-state index in [0.29, 0.717) is 20.2 Å². The topological polar surface area (TPSA) is 42.0 Å². The van der Waals surface area contributed by atoms with Crippen LogP contribution in [0.4, 0.5) is 5.69 Å². The standard InChI is InChI=1S/C8H4Cl2N2OS2/c9-6-4(1-2-14-6)11-7(13)5-3-15-8(10)12-5/h1-3H,(H,11,13). The highest BCUT2D eigenvalue weighted by Gasteiger charge is 2.12. The Hall–Kier alpha value is -0.620. The summed E-state index contributed by atoms with van der Waals surface area (Å²) in [5.74, 6) is -0.307. The second-order valence-electron chi connectivity index (χ2n) is 2.55. The normalized spacial score (nSPS) is 10.3. The van der Waals surface area contributed by atoms with Gasteiger partial charge in [0.05, 0.1) is 5.69 Å². The SMILES string of the molecule is O=C(Nc1ccsc1Cl)c1csc(Cl)n1. The summed E-state index contributed by atoms with van der Waals surface area (Å²) in [4.78, 5) is 15.5. The summed E-state index contributed by atoms with van der Waals surface area (Å²) in [6, 6.07) is 1.73. The van der Waals surface area contributed by atoms with Crippen molar-refractivity contribution in [2.24, 2.45) is 0 Å². The predicted octanol–water partition coefficient (Wildman–Crippen LogP) is 3.76. The van der Waals surface area contributed by atoms with Crippen LogP contribution in [0.3, 0.4) is 0 Å². The first-order valence-corrected chi connectivity index (χ1v) is 6.33. The lowest BCUT2D eigenvalue weighted by atomic mass is 10.4. The molecule has 0 saturated heterocycles. The monoisotopic (exact) mass is 278 g/mol. The van der Waals surface area contributed by atoms with Crippen molar-refractivity contribution in [1.29, 1.82) is 0 Å². The molecule has 2 heterocycles. The van der Waals surface area contributed by atoms with Crippen molar-refractivity contribution in [2.75, 3.05) is 5.32 Å². The van der Waals surface area contributed by atoms with Crippen LogP contribution in [-0.2, 0) is 0 Å². The Balaban J connectivity index is 2.14. The second-order valence-corrected chi connectivity index (χ2v) is 5.51. The Morgan fingerprint density at radius 3 is 2.73 bits per heavy atom. The fourth-order valence-electron chi connectivity index (χ4n) is 0.924. The van der Waals surface area contributed by atoms with Crippen LogP contribution in [0.2, 0.25) is 8.80 Å². The van der Waals surface area contributed by atoms with Crippen LogP contribution in [0.25, 0.3) is 0 Å². The van der Waals surface area contributed by atoms with Gasteiger partial charge in [-0.05, 0) is 11.4 Å². The molecule has 7 heteroatoms. The van der Waals surface area contributed by atoms with E-state index in [-0.39, 0.29) is 5.91 Å². The zero-order chi connectivity index (χ0) is 10.8. The molecule has 0 aliphatic carbocycles. The van der Waals surface area contributed by atoms with Gasteiger partial charge in [0.25, 0.3) is 5.91 Å². The van der Waals surface area contributed by atoms with Crippen molar-refractivity contribution in [3.05, 3.63) is 31.3 Å². The Labute approximate surface area is 104 Å². The van der Waals surface area contributed by atoms with Crippen molar-refractivity contribution in [3.8, 4) is 0 Å². The summed E-state index contributed by atoms with van der Waals surface area (Å²) in [5.41, 5.74) is 0.892. The summed E-state index contributed by atoms with van der Waals surface area (Å²) in [6.45, 7) is 0. The van der Waals surface area contributed by atoms with Crippen LogP contribution in [0.5, 0.6) is 0 Å². The average Bonchev–Trinajstić information content (AvgIpc) is 2.77. The molecule has 0 bridgehead atoms. The van der Waals surface area contributed by atoms with Gasteiger partial charge < -0.3 is 5.32 Å². The third-order valence-electron chi connectivity index (χ3n) is 1.57. The number of thiazole rings is 1. The van der Waals surface area contributed by atoms with Gasteiger partial charge in [-0.2, -0.15) is 0 Å². The number of thiophene rings is 1. The van der Waals surface area contributed by atoms with Gasteiger partial charge in [0.15, 0.2) is 4.47 Å². The number of rotatable bonds is 2. The molecule has 2 rings (SSSR count). The first kappa shape index (κ1) is 10.9. The molecule has 1 amide bonds. The number of amides is 1. The van der Waals surface area contributed by atoms with E-state index in [2.05, 4.69) is 10.3 Å². The van der Waals surface area contributed by atoms with E-state index in [1.165, 1.54) is 22.7 Å². The average molecular weight is 279 g/mol. The molecule has 0 atom stereocenters.